The quantitative estimate of drug-likeness (QED) is 0.884. The molecule has 2 rings (SSSR count). The average molecular weight is 296 g/mol. The van der Waals surface area contributed by atoms with E-state index in [2.05, 4.69) is 15.3 Å². The van der Waals surface area contributed by atoms with Crippen LogP contribution in [0.25, 0.3) is 0 Å². The number of rotatable bonds is 3. The highest BCUT2D eigenvalue weighted by Gasteiger charge is 2.11. The van der Waals surface area contributed by atoms with Gasteiger partial charge in [-0.25, -0.2) is 9.37 Å². The summed E-state index contributed by atoms with van der Waals surface area (Å²) in [5.41, 5.74) is 0.810. The number of ether oxygens (including phenoxy) is 1. The molecule has 0 radical (unpaired) electrons. The molecule has 0 atom stereocenters. The number of hydrogen-bond acceptors (Lipinski definition) is 4. The molecule has 104 valence electrons. The molecule has 1 aromatic carbocycles. The summed E-state index contributed by atoms with van der Waals surface area (Å²) < 4.78 is 18.2. The molecule has 0 fully saturated rings. The number of nitrogens with zero attached hydrogens (tertiary/aromatic N) is 2. The smallest absolute Gasteiger partial charge is 0.258 e. The molecule has 2 aromatic rings. The van der Waals surface area contributed by atoms with Gasteiger partial charge in [-0.05, 0) is 30.7 Å². The third-order valence-corrected chi connectivity index (χ3v) is 2.60. The molecule has 20 heavy (non-hydrogen) atoms. The highest BCUT2D eigenvalue weighted by molar-refractivity contribution is 6.29. The highest BCUT2D eigenvalue weighted by atomic mass is 35.5. The fourth-order valence-corrected chi connectivity index (χ4v) is 1.77. The number of anilines is 1. The molecule has 1 aromatic heterocycles. The minimum atomic E-state index is -0.531. The van der Waals surface area contributed by atoms with E-state index in [1.807, 2.05) is 0 Å². The lowest BCUT2D eigenvalue weighted by atomic mass is 10.1. The van der Waals surface area contributed by atoms with Crippen LogP contribution in [0.15, 0.2) is 24.3 Å². The van der Waals surface area contributed by atoms with E-state index in [9.17, 15) is 9.18 Å². The van der Waals surface area contributed by atoms with Gasteiger partial charge in [0.25, 0.3) is 5.91 Å². The Labute approximate surface area is 119 Å². The number of nitrogens with one attached hydrogen (secondary N) is 1. The summed E-state index contributed by atoms with van der Waals surface area (Å²) >= 11 is 5.77. The molecule has 0 aliphatic heterocycles. The van der Waals surface area contributed by atoms with Gasteiger partial charge in [0, 0.05) is 11.6 Å². The van der Waals surface area contributed by atoms with Gasteiger partial charge in [-0.15, -0.1) is 0 Å². The molecule has 1 amide bonds. The van der Waals surface area contributed by atoms with E-state index in [4.69, 9.17) is 16.3 Å². The molecular weight excluding hydrogens is 285 g/mol. The second-order valence-corrected chi connectivity index (χ2v) is 4.42. The van der Waals surface area contributed by atoms with Crippen LogP contribution in [0.4, 0.5) is 10.3 Å². The summed E-state index contributed by atoms with van der Waals surface area (Å²) in [5.74, 6) is -0.811. The van der Waals surface area contributed by atoms with Crippen molar-refractivity contribution in [2.24, 2.45) is 0 Å². The predicted octanol–water partition coefficient (Wildman–Crippen LogP) is 2.84. The normalized spacial score (nSPS) is 10.2. The molecule has 1 heterocycles. The topological polar surface area (TPSA) is 64.1 Å². The van der Waals surface area contributed by atoms with Crippen LogP contribution >= 0.6 is 11.6 Å². The fourth-order valence-electron chi connectivity index (χ4n) is 1.60. The van der Waals surface area contributed by atoms with Crippen LogP contribution in [0.1, 0.15) is 15.9 Å². The van der Waals surface area contributed by atoms with Crippen LogP contribution in [0.3, 0.4) is 0 Å². The monoisotopic (exact) mass is 295 g/mol. The van der Waals surface area contributed by atoms with E-state index in [1.165, 1.54) is 19.2 Å². The summed E-state index contributed by atoms with van der Waals surface area (Å²) in [6.07, 6.45) is 0. The average Bonchev–Trinajstić information content (AvgIpc) is 2.36. The maximum Gasteiger partial charge on any atom is 0.258 e. The Hall–Kier alpha value is -2.21. The highest BCUT2D eigenvalue weighted by Crippen LogP contribution is 2.17. The van der Waals surface area contributed by atoms with Crippen molar-refractivity contribution in [3.8, 4) is 5.88 Å². The number of aromatic nitrogens is 2. The summed E-state index contributed by atoms with van der Waals surface area (Å²) in [7, 11) is 1.42. The van der Waals surface area contributed by atoms with Gasteiger partial charge in [0.05, 0.1) is 7.11 Å². The first-order valence-corrected chi connectivity index (χ1v) is 6.03. The van der Waals surface area contributed by atoms with Crippen molar-refractivity contribution in [2.75, 3.05) is 12.4 Å². The van der Waals surface area contributed by atoms with Crippen molar-refractivity contribution in [3.63, 3.8) is 0 Å². The molecule has 0 aliphatic rings. The van der Waals surface area contributed by atoms with Crippen molar-refractivity contribution in [1.29, 1.82) is 0 Å². The molecule has 0 saturated heterocycles. The van der Waals surface area contributed by atoms with E-state index in [0.29, 0.717) is 5.56 Å². The van der Waals surface area contributed by atoms with Gasteiger partial charge in [-0.3, -0.25) is 10.1 Å². The van der Waals surface area contributed by atoms with Gasteiger partial charge in [0.15, 0.2) is 0 Å². The van der Waals surface area contributed by atoms with Crippen molar-refractivity contribution in [1.82, 2.24) is 9.97 Å². The number of benzene rings is 1. The largest absolute Gasteiger partial charge is 0.481 e. The van der Waals surface area contributed by atoms with Crippen LogP contribution in [0.5, 0.6) is 5.88 Å². The maximum absolute atomic E-state index is 13.3. The van der Waals surface area contributed by atoms with Crippen LogP contribution < -0.4 is 10.1 Å². The molecule has 5 nitrogen and oxygen atoms in total. The van der Waals surface area contributed by atoms with Crippen LogP contribution in [0.2, 0.25) is 5.15 Å². The Morgan fingerprint density at radius 2 is 2.05 bits per heavy atom. The molecule has 0 saturated carbocycles. The van der Waals surface area contributed by atoms with Crippen molar-refractivity contribution in [3.05, 3.63) is 46.4 Å². The predicted molar refractivity (Wildman–Crippen MR) is 72.7 cm³/mol. The minimum Gasteiger partial charge on any atom is -0.481 e. The number of carbonyl (C=O) groups is 1. The lowest BCUT2D eigenvalue weighted by Crippen LogP contribution is -2.15. The van der Waals surface area contributed by atoms with E-state index in [-0.39, 0.29) is 22.5 Å². The van der Waals surface area contributed by atoms with Gasteiger partial charge < -0.3 is 4.74 Å². The molecule has 7 heteroatoms. The fraction of sp³-hybridized carbons (Fsp3) is 0.154. The van der Waals surface area contributed by atoms with Crippen molar-refractivity contribution < 1.29 is 13.9 Å². The van der Waals surface area contributed by atoms with Gasteiger partial charge in [-0.2, -0.15) is 4.98 Å². The molecule has 0 unspecified atom stereocenters. The third kappa shape index (κ3) is 3.42. The van der Waals surface area contributed by atoms with Gasteiger partial charge >= 0.3 is 0 Å². The van der Waals surface area contributed by atoms with Gasteiger partial charge in [-0.1, -0.05) is 11.6 Å². The SMILES string of the molecule is COc1cc(Cl)nc(NC(=O)c2cc(C)cc(F)c2)n1. The maximum atomic E-state index is 13.3. The summed E-state index contributed by atoms with van der Waals surface area (Å²) in [4.78, 5) is 19.7. The van der Waals surface area contributed by atoms with Crippen LogP contribution in [0, 0.1) is 12.7 Å². The molecule has 0 spiro atoms. The zero-order valence-corrected chi connectivity index (χ0v) is 11.5. The Morgan fingerprint density at radius 1 is 1.30 bits per heavy atom. The first kappa shape index (κ1) is 14.2. The minimum absolute atomic E-state index is 0.0127. The second kappa shape index (κ2) is 5.83. The first-order valence-electron chi connectivity index (χ1n) is 5.65. The third-order valence-electron chi connectivity index (χ3n) is 2.41. The zero-order valence-electron chi connectivity index (χ0n) is 10.8. The second-order valence-electron chi connectivity index (χ2n) is 4.03. The Kier molecular flexibility index (Phi) is 4.14. The number of aryl methyl sites for hydroxylation is 1. The number of halogens is 2. The number of methoxy groups -OCH3 is 1. The Bertz CT molecular complexity index is 644. The number of carbonyl (C=O) groups excluding carboxylic acids is 1. The lowest BCUT2D eigenvalue weighted by Gasteiger charge is -2.06. The summed E-state index contributed by atoms with van der Waals surface area (Å²) in [6, 6.07) is 5.42. The van der Waals surface area contributed by atoms with Crippen LogP contribution in [-0.2, 0) is 0 Å². The van der Waals surface area contributed by atoms with E-state index < -0.39 is 11.7 Å². The summed E-state index contributed by atoms with van der Waals surface area (Å²) in [6.45, 7) is 1.69. The molecular formula is C13H11ClFN3O2. The summed E-state index contributed by atoms with van der Waals surface area (Å²) in [5, 5.41) is 2.56. The molecule has 0 bridgehead atoms. The zero-order chi connectivity index (χ0) is 14.7. The van der Waals surface area contributed by atoms with E-state index >= 15 is 0 Å². The van der Waals surface area contributed by atoms with Crippen molar-refractivity contribution in [2.45, 2.75) is 6.92 Å². The van der Waals surface area contributed by atoms with Gasteiger partial charge in [0.1, 0.15) is 11.0 Å². The molecule has 0 aliphatic carbocycles. The van der Waals surface area contributed by atoms with Gasteiger partial charge in [0.2, 0.25) is 11.8 Å². The Morgan fingerprint density at radius 3 is 2.70 bits per heavy atom. The standard InChI is InChI=1S/C13H11ClFN3O2/c1-7-3-8(5-9(15)4-7)12(19)18-13-16-10(14)6-11(17-13)20-2/h3-6H,1-2H3,(H,16,17,18,19). The van der Waals surface area contributed by atoms with E-state index in [1.54, 1.807) is 13.0 Å². The van der Waals surface area contributed by atoms with E-state index in [0.717, 1.165) is 6.07 Å². The van der Waals surface area contributed by atoms with Crippen molar-refractivity contribution >= 4 is 23.5 Å². The first-order chi connectivity index (χ1) is 9.47. The lowest BCUT2D eigenvalue weighted by molar-refractivity contribution is 0.102. The van der Waals surface area contributed by atoms with Crippen LogP contribution in [-0.4, -0.2) is 23.0 Å². The molecule has 1 N–H and O–H groups in total. The Balaban J connectivity index is 2.25. The number of hydrogen-bond donors (Lipinski definition) is 1. The number of amides is 1.